The van der Waals surface area contributed by atoms with Gasteiger partial charge in [-0.3, -0.25) is 19.4 Å². The van der Waals surface area contributed by atoms with Gasteiger partial charge >= 0.3 is 0 Å². The third-order valence-corrected chi connectivity index (χ3v) is 6.47. The average Bonchev–Trinajstić information content (AvgIpc) is 3.62. The Hall–Kier alpha value is -3.27. The van der Waals surface area contributed by atoms with Gasteiger partial charge in [0.1, 0.15) is 11.8 Å². The van der Waals surface area contributed by atoms with Crippen LogP contribution < -0.4 is 10.6 Å². The van der Waals surface area contributed by atoms with Gasteiger partial charge in [-0.05, 0) is 38.7 Å². The number of aromatic nitrogens is 2. The molecule has 4 rings (SSSR count). The Balaban J connectivity index is 1.50. The Morgan fingerprint density at radius 3 is 2.66 bits per heavy atom. The predicted octanol–water partition coefficient (Wildman–Crippen LogP) is 2.90. The molecule has 2 atom stereocenters. The fraction of sp³-hybridized carbons (Fsp3) is 0.560. The van der Waals surface area contributed by atoms with Crippen molar-refractivity contribution >= 4 is 23.5 Å². The minimum absolute atomic E-state index is 0.0449. The molecule has 0 radical (unpaired) electrons. The van der Waals surface area contributed by atoms with Gasteiger partial charge in [-0.1, -0.05) is 24.1 Å². The molecule has 2 aromatic heterocycles. The molecule has 2 fully saturated rings. The quantitative estimate of drug-likeness (QED) is 0.532. The second-order valence-corrected chi connectivity index (χ2v) is 9.23. The Kier molecular flexibility index (Phi) is 8.46. The summed E-state index contributed by atoms with van der Waals surface area (Å²) in [6.45, 7) is 2.64. The zero-order chi connectivity index (χ0) is 24.6. The van der Waals surface area contributed by atoms with Crippen molar-refractivity contribution < 1.29 is 23.6 Å². The van der Waals surface area contributed by atoms with E-state index in [2.05, 4.69) is 20.8 Å². The predicted molar refractivity (Wildman–Crippen MR) is 127 cm³/mol. The molecular weight excluding hydrogens is 450 g/mol. The summed E-state index contributed by atoms with van der Waals surface area (Å²) in [5.74, 6) is 0.0188. The van der Waals surface area contributed by atoms with Crippen molar-refractivity contribution in [3.8, 4) is 0 Å². The third kappa shape index (κ3) is 6.88. The first-order chi connectivity index (χ1) is 17.0. The maximum atomic E-state index is 13.5. The first-order valence-corrected chi connectivity index (χ1v) is 12.3. The lowest BCUT2D eigenvalue weighted by Crippen LogP contribution is -2.48. The van der Waals surface area contributed by atoms with Crippen molar-refractivity contribution in [3.63, 3.8) is 0 Å². The Morgan fingerprint density at radius 2 is 2.00 bits per heavy atom. The van der Waals surface area contributed by atoms with E-state index < -0.39 is 6.04 Å². The Labute approximate surface area is 204 Å². The minimum Gasteiger partial charge on any atom is -0.376 e. The third-order valence-electron chi connectivity index (χ3n) is 6.47. The van der Waals surface area contributed by atoms with Gasteiger partial charge in [0.15, 0.2) is 5.82 Å². The van der Waals surface area contributed by atoms with Crippen LogP contribution in [0.3, 0.4) is 0 Å². The standard InChI is InChI=1S/C25H33N5O5/c1-17-14-21(29-35-17)28-22(31)10-11-23(32)30(16-20-9-5-13-34-20)24(18-6-4-12-26-15-18)25(33)27-19-7-2-3-8-19/h4,6,12,14-15,19-20,24H,2-3,5,7-11,13,16H2,1H3,(H,27,33)(H,28,29,31)/t20-,24-/m1/s1. The van der Waals surface area contributed by atoms with Crippen LogP contribution in [0.1, 0.15) is 68.7 Å². The maximum absolute atomic E-state index is 13.5. The van der Waals surface area contributed by atoms with Crippen LogP contribution in [0.5, 0.6) is 0 Å². The van der Waals surface area contributed by atoms with Crippen LogP contribution >= 0.6 is 0 Å². The van der Waals surface area contributed by atoms with Gasteiger partial charge in [0.2, 0.25) is 17.7 Å². The molecule has 3 amide bonds. The van der Waals surface area contributed by atoms with Crippen LogP contribution in [0.4, 0.5) is 5.82 Å². The molecule has 1 saturated carbocycles. The minimum atomic E-state index is -0.845. The van der Waals surface area contributed by atoms with Gasteiger partial charge in [0.25, 0.3) is 0 Å². The lowest BCUT2D eigenvalue weighted by atomic mass is 10.0. The van der Waals surface area contributed by atoms with E-state index in [-0.39, 0.29) is 49.3 Å². The SMILES string of the molecule is Cc1cc(NC(=O)CCC(=O)N(C[C@H]2CCCO2)[C@@H](C(=O)NC2CCCC2)c2cccnc2)no1. The molecule has 3 heterocycles. The molecule has 188 valence electrons. The number of pyridine rings is 1. The summed E-state index contributed by atoms with van der Waals surface area (Å²) in [5.41, 5.74) is 0.636. The summed E-state index contributed by atoms with van der Waals surface area (Å²) in [6, 6.07) is 4.43. The number of nitrogens with one attached hydrogen (secondary N) is 2. The van der Waals surface area contributed by atoms with E-state index in [1.54, 1.807) is 42.4 Å². The molecule has 35 heavy (non-hydrogen) atoms. The normalized spacial score (nSPS) is 18.8. The largest absolute Gasteiger partial charge is 0.376 e. The van der Waals surface area contributed by atoms with Crippen molar-refractivity contribution in [1.82, 2.24) is 20.4 Å². The summed E-state index contributed by atoms with van der Waals surface area (Å²) >= 11 is 0. The lowest BCUT2D eigenvalue weighted by molar-refractivity contribution is -0.143. The molecule has 0 bridgehead atoms. The summed E-state index contributed by atoms with van der Waals surface area (Å²) in [6.07, 6.45) is 8.79. The molecule has 0 aromatic carbocycles. The number of amides is 3. The molecule has 1 saturated heterocycles. The van der Waals surface area contributed by atoms with E-state index in [9.17, 15) is 14.4 Å². The Bertz CT molecular complexity index is 999. The number of rotatable bonds is 10. The number of carbonyl (C=O) groups excluding carboxylic acids is 3. The first kappa shape index (κ1) is 24.8. The lowest BCUT2D eigenvalue weighted by Gasteiger charge is -2.33. The molecule has 10 nitrogen and oxygen atoms in total. The zero-order valence-corrected chi connectivity index (χ0v) is 20.1. The summed E-state index contributed by atoms with van der Waals surface area (Å²) in [4.78, 5) is 45.2. The second-order valence-electron chi connectivity index (χ2n) is 9.23. The topological polar surface area (TPSA) is 127 Å². The van der Waals surface area contributed by atoms with Gasteiger partial charge in [0, 0.05) is 56.1 Å². The van der Waals surface area contributed by atoms with E-state index in [4.69, 9.17) is 9.26 Å². The molecule has 10 heteroatoms. The highest BCUT2D eigenvalue weighted by molar-refractivity contribution is 5.94. The van der Waals surface area contributed by atoms with Crippen LogP contribution in [0.25, 0.3) is 0 Å². The number of nitrogens with zero attached hydrogens (tertiary/aromatic N) is 3. The molecule has 1 aliphatic carbocycles. The summed E-state index contributed by atoms with van der Waals surface area (Å²) in [7, 11) is 0. The molecule has 2 aromatic rings. The first-order valence-electron chi connectivity index (χ1n) is 12.3. The van der Waals surface area contributed by atoms with Gasteiger partial charge in [-0.15, -0.1) is 0 Å². The van der Waals surface area contributed by atoms with E-state index in [0.717, 1.165) is 38.5 Å². The number of aryl methyl sites for hydroxylation is 1. The zero-order valence-electron chi connectivity index (χ0n) is 20.1. The summed E-state index contributed by atoms with van der Waals surface area (Å²) < 4.78 is 10.8. The Morgan fingerprint density at radius 1 is 1.17 bits per heavy atom. The van der Waals surface area contributed by atoms with Crippen molar-refractivity contribution in [3.05, 3.63) is 41.9 Å². The average molecular weight is 484 g/mol. The highest BCUT2D eigenvalue weighted by atomic mass is 16.5. The van der Waals surface area contributed by atoms with Crippen LogP contribution in [0, 0.1) is 6.92 Å². The van der Waals surface area contributed by atoms with Crippen molar-refractivity contribution in [2.45, 2.75) is 76.5 Å². The fourth-order valence-corrected chi connectivity index (χ4v) is 4.71. The van der Waals surface area contributed by atoms with Crippen LogP contribution in [0.2, 0.25) is 0 Å². The number of anilines is 1. The smallest absolute Gasteiger partial charge is 0.247 e. The van der Waals surface area contributed by atoms with Gasteiger partial charge in [0.05, 0.1) is 6.10 Å². The van der Waals surface area contributed by atoms with Crippen molar-refractivity contribution in [2.75, 3.05) is 18.5 Å². The number of hydrogen-bond acceptors (Lipinski definition) is 7. The molecular formula is C25H33N5O5. The summed E-state index contributed by atoms with van der Waals surface area (Å²) in [5, 5.41) is 9.52. The van der Waals surface area contributed by atoms with E-state index >= 15 is 0 Å². The van der Waals surface area contributed by atoms with Crippen LogP contribution in [-0.2, 0) is 19.1 Å². The van der Waals surface area contributed by atoms with Crippen LogP contribution in [0.15, 0.2) is 35.1 Å². The van der Waals surface area contributed by atoms with E-state index in [1.165, 1.54) is 0 Å². The molecule has 2 N–H and O–H groups in total. The maximum Gasteiger partial charge on any atom is 0.247 e. The monoisotopic (exact) mass is 483 g/mol. The molecule has 2 aliphatic rings. The number of hydrogen-bond donors (Lipinski definition) is 2. The fourth-order valence-electron chi connectivity index (χ4n) is 4.71. The van der Waals surface area contributed by atoms with Gasteiger partial charge < -0.3 is 24.8 Å². The van der Waals surface area contributed by atoms with Crippen molar-refractivity contribution in [2.24, 2.45) is 0 Å². The molecule has 1 aliphatic heterocycles. The highest BCUT2D eigenvalue weighted by Crippen LogP contribution is 2.27. The van der Waals surface area contributed by atoms with Gasteiger partial charge in [-0.25, -0.2) is 0 Å². The van der Waals surface area contributed by atoms with Crippen LogP contribution in [-0.4, -0.2) is 58.1 Å². The molecule has 0 spiro atoms. The van der Waals surface area contributed by atoms with E-state index in [1.807, 2.05) is 0 Å². The number of carbonyl (C=O) groups is 3. The second kappa shape index (κ2) is 11.9. The highest BCUT2D eigenvalue weighted by Gasteiger charge is 2.35. The van der Waals surface area contributed by atoms with E-state index in [0.29, 0.717) is 23.7 Å². The molecule has 0 unspecified atom stereocenters. The number of ether oxygens (including phenoxy) is 1. The van der Waals surface area contributed by atoms with Crippen molar-refractivity contribution in [1.29, 1.82) is 0 Å². The van der Waals surface area contributed by atoms with Gasteiger partial charge in [-0.2, -0.15) is 0 Å².